The Hall–Kier alpha value is -3.02. The number of aliphatic imine (C=N–C) groups is 1. The minimum Gasteiger partial charge on any atom is -0.362 e. The van der Waals surface area contributed by atoms with E-state index in [-0.39, 0.29) is 15.9 Å². The minimum atomic E-state index is -3.74. The molecule has 0 saturated carbocycles. The lowest BCUT2D eigenvalue weighted by molar-refractivity contribution is -0.119. The van der Waals surface area contributed by atoms with Crippen LogP contribution in [0.3, 0.4) is 0 Å². The monoisotopic (exact) mass is 575 g/mol. The zero-order chi connectivity index (χ0) is 26.7. The molecule has 1 amide bonds. The van der Waals surface area contributed by atoms with Gasteiger partial charge >= 0.3 is 0 Å². The Morgan fingerprint density at radius 2 is 1.78 bits per heavy atom. The fourth-order valence-corrected chi connectivity index (χ4v) is 4.98. The molecule has 1 aliphatic heterocycles. The van der Waals surface area contributed by atoms with Crippen LogP contribution in [0.2, 0.25) is 10.0 Å². The molecule has 1 unspecified atom stereocenters. The molecule has 0 radical (unpaired) electrons. The Morgan fingerprint density at radius 1 is 1.08 bits per heavy atom. The standard InChI is InChI=1S/C25H23Cl2N5O3S2/c1-32-21-11-8-16(26)14-19(21)22(18-4-2-3-5-20(18)27)30-23(24(32)33)31-25(36)29-13-12-15-6-9-17(10-7-15)37(28,34)35/h2-11,14,23H,12-13H2,1H3,(H2,28,34,35)(H2,29,31,36). The number of rotatable bonds is 6. The second-order valence-electron chi connectivity index (χ2n) is 8.26. The van der Waals surface area contributed by atoms with Gasteiger partial charge in [-0.15, -0.1) is 0 Å². The van der Waals surface area contributed by atoms with E-state index in [2.05, 4.69) is 10.6 Å². The average molecular weight is 577 g/mol. The van der Waals surface area contributed by atoms with Crippen molar-refractivity contribution < 1.29 is 13.2 Å². The Labute approximate surface area is 230 Å². The minimum absolute atomic E-state index is 0.0480. The molecule has 1 aliphatic rings. The molecule has 192 valence electrons. The smallest absolute Gasteiger partial charge is 0.272 e. The molecule has 3 aromatic carbocycles. The lowest BCUT2D eigenvalue weighted by Crippen LogP contribution is -2.49. The highest BCUT2D eigenvalue weighted by Gasteiger charge is 2.31. The Kier molecular flexibility index (Phi) is 8.15. The molecule has 0 bridgehead atoms. The van der Waals surface area contributed by atoms with Crippen LogP contribution in [0.15, 0.2) is 76.6 Å². The lowest BCUT2D eigenvalue weighted by Gasteiger charge is -2.22. The summed E-state index contributed by atoms with van der Waals surface area (Å²) in [5.41, 5.74) is 3.36. The second kappa shape index (κ2) is 11.2. The molecule has 3 aromatic rings. The number of likely N-dealkylation sites (N-methyl/N-ethyl adjacent to an activating group) is 1. The van der Waals surface area contributed by atoms with Crippen molar-refractivity contribution in [2.45, 2.75) is 17.5 Å². The lowest BCUT2D eigenvalue weighted by atomic mass is 10.00. The molecule has 1 atom stereocenters. The number of nitrogens with zero attached hydrogens (tertiary/aromatic N) is 2. The fraction of sp³-hybridized carbons (Fsp3) is 0.160. The van der Waals surface area contributed by atoms with Crippen molar-refractivity contribution >= 4 is 67.9 Å². The summed E-state index contributed by atoms with van der Waals surface area (Å²) in [7, 11) is -2.08. The number of amides is 1. The van der Waals surface area contributed by atoms with Gasteiger partial charge in [-0.3, -0.25) is 4.79 Å². The predicted molar refractivity (Wildman–Crippen MR) is 151 cm³/mol. The summed E-state index contributed by atoms with van der Waals surface area (Å²) in [5.74, 6) is -0.312. The molecular weight excluding hydrogens is 553 g/mol. The maximum atomic E-state index is 13.3. The first kappa shape index (κ1) is 27.0. The number of benzene rings is 3. The number of nitrogens with two attached hydrogens (primary N) is 1. The highest BCUT2D eigenvalue weighted by Crippen LogP contribution is 2.31. The van der Waals surface area contributed by atoms with Gasteiger partial charge in [-0.25, -0.2) is 18.5 Å². The SMILES string of the molecule is CN1C(=O)C(NC(=S)NCCc2ccc(S(N)(=O)=O)cc2)N=C(c2ccccc2Cl)c2cc(Cl)ccc21. The summed E-state index contributed by atoms with van der Waals surface area (Å²) in [6, 6.07) is 18.8. The van der Waals surface area contributed by atoms with E-state index in [4.69, 9.17) is 45.6 Å². The van der Waals surface area contributed by atoms with E-state index in [0.717, 1.165) is 5.56 Å². The summed E-state index contributed by atoms with van der Waals surface area (Å²) in [4.78, 5) is 19.6. The zero-order valence-corrected chi connectivity index (χ0v) is 22.8. The van der Waals surface area contributed by atoms with E-state index < -0.39 is 16.2 Å². The fourth-order valence-electron chi connectivity index (χ4n) is 3.85. The summed E-state index contributed by atoms with van der Waals surface area (Å²) in [6.07, 6.45) is -0.458. The van der Waals surface area contributed by atoms with Gasteiger partial charge in [0.15, 0.2) is 5.11 Å². The molecule has 1 heterocycles. The maximum absolute atomic E-state index is 13.3. The summed E-state index contributed by atoms with van der Waals surface area (Å²) in [6.45, 7) is 0.439. The van der Waals surface area contributed by atoms with Gasteiger partial charge in [-0.1, -0.05) is 53.5 Å². The van der Waals surface area contributed by atoms with Gasteiger partial charge in [-0.05, 0) is 60.6 Å². The summed E-state index contributed by atoms with van der Waals surface area (Å²) >= 11 is 18.2. The Bertz CT molecular complexity index is 1490. The van der Waals surface area contributed by atoms with E-state index in [1.807, 2.05) is 18.2 Å². The number of benzodiazepines with no additional fused rings is 1. The van der Waals surface area contributed by atoms with Crippen molar-refractivity contribution in [3.05, 3.63) is 93.5 Å². The van der Waals surface area contributed by atoms with E-state index in [9.17, 15) is 13.2 Å². The Balaban J connectivity index is 1.53. The van der Waals surface area contributed by atoms with Gasteiger partial charge in [0, 0.05) is 34.8 Å². The van der Waals surface area contributed by atoms with Crippen LogP contribution in [0.5, 0.6) is 0 Å². The van der Waals surface area contributed by atoms with E-state index in [1.165, 1.54) is 17.0 Å². The third kappa shape index (κ3) is 6.28. The number of thiocarbonyl (C=S) groups is 1. The van der Waals surface area contributed by atoms with Gasteiger partial charge < -0.3 is 15.5 Å². The quantitative estimate of drug-likeness (QED) is 0.387. The topological polar surface area (TPSA) is 117 Å². The molecule has 4 N–H and O–H groups in total. The molecule has 12 heteroatoms. The number of carbonyl (C=O) groups is 1. The van der Waals surface area contributed by atoms with Crippen molar-refractivity contribution in [1.82, 2.24) is 10.6 Å². The van der Waals surface area contributed by atoms with Crippen LogP contribution in [0.4, 0.5) is 5.69 Å². The van der Waals surface area contributed by atoms with Crippen LogP contribution in [0, 0.1) is 0 Å². The van der Waals surface area contributed by atoms with Crippen LogP contribution in [0.1, 0.15) is 16.7 Å². The van der Waals surface area contributed by atoms with Gasteiger partial charge in [0.25, 0.3) is 5.91 Å². The number of primary sulfonamides is 1. The van der Waals surface area contributed by atoms with E-state index >= 15 is 0 Å². The first-order chi connectivity index (χ1) is 17.5. The van der Waals surface area contributed by atoms with E-state index in [0.29, 0.717) is 45.5 Å². The number of hydrogen-bond donors (Lipinski definition) is 3. The highest BCUT2D eigenvalue weighted by molar-refractivity contribution is 7.89. The zero-order valence-electron chi connectivity index (χ0n) is 19.6. The summed E-state index contributed by atoms with van der Waals surface area (Å²) < 4.78 is 22.8. The third-order valence-electron chi connectivity index (χ3n) is 5.75. The average Bonchev–Trinajstić information content (AvgIpc) is 2.94. The van der Waals surface area contributed by atoms with Gasteiger partial charge in [0.05, 0.1) is 16.3 Å². The molecule has 4 rings (SSSR count). The first-order valence-electron chi connectivity index (χ1n) is 11.1. The molecule has 0 saturated heterocycles. The molecule has 37 heavy (non-hydrogen) atoms. The van der Waals surface area contributed by atoms with Gasteiger partial charge in [0.2, 0.25) is 16.2 Å². The number of sulfonamides is 1. The molecule has 0 aliphatic carbocycles. The van der Waals surface area contributed by atoms with Crippen molar-refractivity contribution in [2.24, 2.45) is 10.1 Å². The predicted octanol–water partition coefficient (Wildman–Crippen LogP) is 3.49. The van der Waals surface area contributed by atoms with Gasteiger partial charge in [0.1, 0.15) is 0 Å². The number of nitrogens with one attached hydrogen (secondary N) is 2. The van der Waals surface area contributed by atoms with Crippen LogP contribution >= 0.6 is 35.4 Å². The van der Waals surface area contributed by atoms with Crippen LogP contribution in [-0.2, 0) is 21.2 Å². The highest BCUT2D eigenvalue weighted by atomic mass is 35.5. The second-order valence-corrected chi connectivity index (χ2v) is 11.1. The Morgan fingerprint density at radius 3 is 2.46 bits per heavy atom. The molecule has 0 spiro atoms. The van der Waals surface area contributed by atoms with Crippen LogP contribution in [0.25, 0.3) is 0 Å². The van der Waals surface area contributed by atoms with Crippen molar-refractivity contribution in [3.8, 4) is 0 Å². The van der Waals surface area contributed by atoms with Crippen molar-refractivity contribution in [3.63, 3.8) is 0 Å². The molecular formula is C25H23Cl2N5O3S2. The molecule has 0 fully saturated rings. The van der Waals surface area contributed by atoms with Crippen LogP contribution in [-0.4, -0.2) is 44.9 Å². The first-order valence-corrected chi connectivity index (χ1v) is 13.8. The number of anilines is 1. The molecule has 8 nitrogen and oxygen atoms in total. The van der Waals surface area contributed by atoms with Crippen molar-refractivity contribution in [2.75, 3.05) is 18.5 Å². The van der Waals surface area contributed by atoms with Crippen molar-refractivity contribution in [1.29, 1.82) is 0 Å². The third-order valence-corrected chi connectivity index (χ3v) is 7.50. The normalized spacial score (nSPS) is 15.5. The number of fused-ring (bicyclic) bond motifs is 1. The largest absolute Gasteiger partial charge is 0.362 e. The summed E-state index contributed by atoms with van der Waals surface area (Å²) in [5, 5.41) is 12.4. The van der Waals surface area contributed by atoms with Crippen LogP contribution < -0.4 is 20.7 Å². The number of halogens is 2. The number of carbonyl (C=O) groups excluding carboxylic acids is 1. The number of hydrogen-bond acceptors (Lipinski definition) is 5. The molecule has 0 aromatic heterocycles. The van der Waals surface area contributed by atoms with E-state index in [1.54, 1.807) is 43.4 Å². The van der Waals surface area contributed by atoms with Gasteiger partial charge in [-0.2, -0.15) is 0 Å². The maximum Gasteiger partial charge on any atom is 0.272 e.